The third-order valence-corrected chi connectivity index (χ3v) is 6.29. The second-order valence-corrected chi connectivity index (χ2v) is 8.16. The van der Waals surface area contributed by atoms with Crippen LogP contribution in [0.3, 0.4) is 0 Å². The van der Waals surface area contributed by atoms with E-state index in [1.165, 1.54) is 27.7 Å². The fourth-order valence-corrected chi connectivity index (χ4v) is 4.27. The molecule has 9 nitrogen and oxygen atoms in total. The maximum absolute atomic E-state index is 12.8. The summed E-state index contributed by atoms with van der Waals surface area (Å²) in [5.41, 5.74) is 3.00. The predicted molar refractivity (Wildman–Crippen MR) is 125 cm³/mol. The summed E-state index contributed by atoms with van der Waals surface area (Å²) >= 11 is 1.56. The van der Waals surface area contributed by atoms with Crippen LogP contribution in [0.1, 0.15) is 21.6 Å². The number of nitrogens with one attached hydrogen (secondary N) is 1. The van der Waals surface area contributed by atoms with Gasteiger partial charge in [-0.3, -0.25) is 4.79 Å². The second-order valence-electron chi connectivity index (χ2n) is 7.09. The maximum atomic E-state index is 12.8. The van der Waals surface area contributed by atoms with Gasteiger partial charge in [0, 0.05) is 27.4 Å². The van der Waals surface area contributed by atoms with Gasteiger partial charge >= 0.3 is 0 Å². The van der Waals surface area contributed by atoms with E-state index in [2.05, 4.69) is 20.4 Å². The topological polar surface area (TPSA) is 99.9 Å². The molecule has 0 fully saturated rings. The van der Waals surface area contributed by atoms with Crippen LogP contribution in [0.5, 0.6) is 17.2 Å². The van der Waals surface area contributed by atoms with Gasteiger partial charge in [-0.05, 0) is 50.2 Å². The second kappa shape index (κ2) is 9.37. The summed E-state index contributed by atoms with van der Waals surface area (Å²) in [6.07, 6.45) is 1.49. The summed E-state index contributed by atoms with van der Waals surface area (Å²) in [5, 5.41) is 8.13. The van der Waals surface area contributed by atoms with Gasteiger partial charge in [-0.15, -0.1) is 0 Å². The number of carbonyl (C=O) groups is 1. The van der Waals surface area contributed by atoms with Gasteiger partial charge in [-0.25, -0.2) is 4.98 Å². The van der Waals surface area contributed by atoms with Gasteiger partial charge in [0.05, 0.1) is 21.3 Å². The van der Waals surface area contributed by atoms with Crippen LogP contribution in [0.15, 0.2) is 52.6 Å². The molecule has 2 heterocycles. The summed E-state index contributed by atoms with van der Waals surface area (Å²) in [4.78, 5) is 22.5. The van der Waals surface area contributed by atoms with Gasteiger partial charge in [0.2, 0.25) is 5.75 Å². The SMILES string of the molecule is COc1cc(C(=O)Nc2ccc(Sc3c(C)c(C)nc4ncnn34)cc2)cc(OC)c1OC. The molecule has 0 aliphatic heterocycles. The Morgan fingerprint density at radius 3 is 2.27 bits per heavy atom. The quantitative estimate of drug-likeness (QED) is 0.406. The van der Waals surface area contributed by atoms with E-state index in [1.807, 2.05) is 38.1 Å². The molecule has 0 aliphatic carbocycles. The Labute approximate surface area is 195 Å². The Morgan fingerprint density at radius 2 is 1.67 bits per heavy atom. The predicted octanol–water partition coefficient (Wildman–Crippen LogP) is 4.17. The Kier molecular flexibility index (Phi) is 6.36. The minimum absolute atomic E-state index is 0.292. The van der Waals surface area contributed by atoms with Crippen LogP contribution in [-0.4, -0.2) is 46.8 Å². The van der Waals surface area contributed by atoms with Crippen molar-refractivity contribution >= 4 is 29.1 Å². The number of aromatic nitrogens is 4. The minimum atomic E-state index is -0.292. The van der Waals surface area contributed by atoms with E-state index in [-0.39, 0.29) is 5.91 Å². The van der Waals surface area contributed by atoms with Gasteiger partial charge in [0.1, 0.15) is 11.4 Å². The molecule has 1 N–H and O–H groups in total. The molecule has 2 aromatic heterocycles. The minimum Gasteiger partial charge on any atom is -0.493 e. The molecule has 0 aliphatic rings. The standard InChI is InChI=1S/C23H23N5O4S/c1-13-14(2)26-23-24-12-25-28(23)22(13)33-17-8-6-16(7-9-17)27-21(29)15-10-18(30-3)20(32-5)19(11-15)31-4/h6-12H,1-5H3,(H,27,29). The number of nitrogens with zero attached hydrogens (tertiary/aromatic N) is 4. The van der Waals surface area contributed by atoms with E-state index in [4.69, 9.17) is 14.2 Å². The molecule has 0 saturated carbocycles. The zero-order valence-corrected chi connectivity index (χ0v) is 19.7. The van der Waals surface area contributed by atoms with Crippen molar-refractivity contribution < 1.29 is 19.0 Å². The number of methoxy groups -OCH3 is 3. The number of rotatable bonds is 7. The number of benzene rings is 2. The highest BCUT2D eigenvalue weighted by Crippen LogP contribution is 2.38. The first-order valence-electron chi connectivity index (χ1n) is 10.0. The average molecular weight is 466 g/mol. The molecule has 0 atom stereocenters. The van der Waals surface area contributed by atoms with E-state index in [1.54, 1.807) is 28.4 Å². The largest absolute Gasteiger partial charge is 0.493 e. The molecule has 1 amide bonds. The van der Waals surface area contributed by atoms with Gasteiger partial charge in [0.15, 0.2) is 11.5 Å². The first-order chi connectivity index (χ1) is 15.9. The lowest BCUT2D eigenvalue weighted by Gasteiger charge is -2.14. The lowest BCUT2D eigenvalue weighted by molar-refractivity contribution is 0.102. The van der Waals surface area contributed by atoms with E-state index in [9.17, 15) is 4.79 Å². The Bertz CT molecular complexity index is 1300. The number of fused-ring (bicyclic) bond motifs is 1. The van der Waals surface area contributed by atoms with E-state index < -0.39 is 0 Å². The molecule has 2 aromatic carbocycles. The number of carbonyl (C=O) groups excluding carboxylic acids is 1. The normalized spacial score (nSPS) is 10.8. The number of hydrogen-bond donors (Lipinski definition) is 1. The van der Waals surface area contributed by atoms with Crippen molar-refractivity contribution in [3.05, 3.63) is 59.5 Å². The maximum Gasteiger partial charge on any atom is 0.255 e. The average Bonchev–Trinajstić information content (AvgIpc) is 3.29. The van der Waals surface area contributed by atoms with Gasteiger partial charge in [-0.2, -0.15) is 14.6 Å². The zero-order valence-electron chi connectivity index (χ0n) is 18.9. The van der Waals surface area contributed by atoms with Crippen LogP contribution in [0.25, 0.3) is 5.78 Å². The smallest absolute Gasteiger partial charge is 0.255 e. The highest BCUT2D eigenvalue weighted by Gasteiger charge is 2.17. The monoisotopic (exact) mass is 465 g/mol. The van der Waals surface area contributed by atoms with Crippen LogP contribution < -0.4 is 19.5 Å². The Hall–Kier alpha value is -3.79. The van der Waals surface area contributed by atoms with Crippen molar-refractivity contribution in [2.45, 2.75) is 23.8 Å². The van der Waals surface area contributed by atoms with Crippen molar-refractivity contribution in [2.75, 3.05) is 26.6 Å². The molecule has 0 spiro atoms. The molecule has 0 bridgehead atoms. The number of hydrogen-bond acceptors (Lipinski definition) is 8. The van der Waals surface area contributed by atoms with Crippen molar-refractivity contribution in [2.24, 2.45) is 0 Å². The molecule has 0 radical (unpaired) electrons. The summed E-state index contributed by atoms with van der Waals surface area (Å²) in [5.74, 6) is 1.53. The molecule has 4 rings (SSSR count). The first kappa shape index (κ1) is 22.4. The highest BCUT2D eigenvalue weighted by atomic mass is 32.2. The summed E-state index contributed by atoms with van der Waals surface area (Å²) in [6, 6.07) is 10.8. The zero-order chi connectivity index (χ0) is 23.5. The van der Waals surface area contributed by atoms with E-state index in [0.717, 1.165) is 21.2 Å². The molecule has 33 heavy (non-hydrogen) atoms. The molecule has 4 aromatic rings. The summed E-state index contributed by atoms with van der Waals surface area (Å²) in [7, 11) is 4.53. The fraction of sp³-hybridized carbons (Fsp3) is 0.217. The van der Waals surface area contributed by atoms with Crippen LogP contribution in [-0.2, 0) is 0 Å². The first-order valence-corrected chi connectivity index (χ1v) is 10.8. The number of ether oxygens (including phenoxy) is 3. The van der Waals surface area contributed by atoms with E-state index in [0.29, 0.717) is 34.3 Å². The van der Waals surface area contributed by atoms with Gasteiger partial charge < -0.3 is 19.5 Å². The fourth-order valence-electron chi connectivity index (χ4n) is 3.26. The molecule has 10 heteroatoms. The number of anilines is 1. The molecule has 0 saturated heterocycles. The Balaban J connectivity index is 1.54. The van der Waals surface area contributed by atoms with Crippen LogP contribution in [0, 0.1) is 13.8 Å². The van der Waals surface area contributed by atoms with Gasteiger partial charge in [0.25, 0.3) is 11.7 Å². The van der Waals surface area contributed by atoms with Gasteiger partial charge in [-0.1, -0.05) is 11.8 Å². The van der Waals surface area contributed by atoms with Crippen molar-refractivity contribution in [3.8, 4) is 17.2 Å². The van der Waals surface area contributed by atoms with Crippen molar-refractivity contribution in [1.29, 1.82) is 0 Å². The van der Waals surface area contributed by atoms with E-state index >= 15 is 0 Å². The molecule has 170 valence electrons. The lowest BCUT2D eigenvalue weighted by Crippen LogP contribution is -2.12. The number of aryl methyl sites for hydroxylation is 1. The lowest BCUT2D eigenvalue weighted by atomic mass is 10.1. The number of amides is 1. The van der Waals surface area contributed by atoms with Crippen molar-refractivity contribution in [1.82, 2.24) is 19.6 Å². The molecule has 0 unspecified atom stereocenters. The van der Waals surface area contributed by atoms with Crippen molar-refractivity contribution in [3.63, 3.8) is 0 Å². The molecular weight excluding hydrogens is 442 g/mol. The van der Waals surface area contributed by atoms with Crippen LogP contribution in [0.2, 0.25) is 0 Å². The Morgan fingerprint density at radius 1 is 1.00 bits per heavy atom. The summed E-state index contributed by atoms with van der Waals surface area (Å²) in [6.45, 7) is 3.97. The third-order valence-electron chi connectivity index (χ3n) is 5.11. The van der Waals surface area contributed by atoms with Crippen LogP contribution >= 0.6 is 11.8 Å². The third kappa shape index (κ3) is 4.42. The van der Waals surface area contributed by atoms with Crippen LogP contribution in [0.4, 0.5) is 5.69 Å². The highest BCUT2D eigenvalue weighted by molar-refractivity contribution is 7.99. The summed E-state index contributed by atoms with van der Waals surface area (Å²) < 4.78 is 17.7. The molecular formula is C23H23N5O4S.